The van der Waals surface area contributed by atoms with Crippen LogP contribution in [0, 0.1) is 20.8 Å². The molecule has 1 aromatic carbocycles. The first kappa shape index (κ1) is 12.4. The van der Waals surface area contributed by atoms with Gasteiger partial charge in [0, 0.05) is 10.9 Å². The van der Waals surface area contributed by atoms with E-state index in [1.54, 1.807) is 6.92 Å². The summed E-state index contributed by atoms with van der Waals surface area (Å²) >= 11 is 0. The van der Waals surface area contributed by atoms with Crippen LogP contribution in [-0.2, 0) is 4.79 Å². The topological polar surface area (TPSA) is 46.5 Å². The molecule has 0 bridgehead atoms. The molecule has 1 aliphatic rings. The number of benzene rings is 1. The van der Waals surface area contributed by atoms with E-state index in [1.165, 1.54) is 0 Å². The molecule has 1 heterocycles. The Kier molecular flexibility index (Phi) is 2.70. The van der Waals surface area contributed by atoms with Gasteiger partial charge in [0.25, 0.3) is 0 Å². The van der Waals surface area contributed by atoms with Gasteiger partial charge in [-0.15, -0.1) is 0 Å². The van der Waals surface area contributed by atoms with Gasteiger partial charge >= 0.3 is 0 Å². The normalized spacial score (nSPS) is 23.6. The Bertz CT molecular complexity index is 483. The third kappa shape index (κ3) is 1.64. The Balaban J connectivity index is 2.64. The van der Waals surface area contributed by atoms with Gasteiger partial charge in [0.05, 0.1) is 0 Å². The molecule has 0 aliphatic carbocycles. The number of ketones is 1. The highest BCUT2D eigenvalue weighted by molar-refractivity contribution is 7.51. The van der Waals surface area contributed by atoms with E-state index in [2.05, 4.69) is 0 Å². The van der Waals surface area contributed by atoms with E-state index in [-0.39, 0.29) is 14.4 Å². The van der Waals surface area contributed by atoms with Crippen molar-refractivity contribution in [1.29, 1.82) is 0 Å². The highest BCUT2D eigenvalue weighted by Crippen LogP contribution is 2.48. The number of Topliss-reactive ketones (excluding diaryl/α,β-unsaturated/α-hetero) is 1. The van der Waals surface area contributed by atoms with E-state index < -0.39 is 5.34 Å². The molecule has 1 N–H and O–H groups in total. The van der Waals surface area contributed by atoms with Crippen molar-refractivity contribution in [3.05, 3.63) is 16.7 Å². The minimum atomic E-state index is -0.752. The molecule has 1 aromatic rings. The number of hydrogen-bond acceptors (Lipinski definition) is 3. The van der Waals surface area contributed by atoms with Crippen LogP contribution in [0.4, 0.5) is 0 Å². The molecule has 4 heteroatoms. The lowest BCUT2D eigenvalue weighted by molar-refractivity contribution is -0.124. The van der Waals surface area contributed by atoms with Crippen molar-refractivity contribution in [2.75, 3.05) is 0 Å². The number of phenolic OH excluding ortho intramolecular Hbond substituents is 1. The highest BCUT2D eigenvalue weighted by Gasteiger charge is 2.41. The number of ether oxygens (including phenoxy) is 1. The van der Waals surface area contributed by atoms with E-state index in [9.17, 15) is 9.90 Å². The molecule has 0 saturated carbocycles. The molecule has 2 rings (SSSR count). The van der Waals surface area contributed by atoms with Crippen molar-refractivity contribution in [3.8, 4) is 11.5 Å². The van der Waals surface area contributed by atoms with E-state index in [0.29, 0.717) is 5.75 Å². The van der Waals surface area contributed by atoms with Crippen molar-refractivity contribution in [2.45, 2.75) is 40.0 Å². The van der Waals surface area contributed by atoms with Crippen molar-refractivity contribution in [3.63, 3.8) is 0 Å². The molecule has 0 amide bonds. The summed E-state index contributed by atoms with van der Waals surface area (Å²) in [6.07, 6.45) is 0. The van der Waals surface area contributed by atoms with E-state index in [1.807, 2.05) is 27.7 Å². The van der Waals surface area contributed by atoms with E-state index in [4.69, 9.17) is 4.74 Å². The third-order valence-corrected chi connectivity index (χ3v) is 5.34. The molecule has 0 fully saturated rings. The Morgan fingerprint density at radius 3 is 2.35 bits per heavy atom. The van der Waals surface area contributed by atoms with Gasteiger partial charge in [0.15, 0.2) is 11.1 Å². The summed E-state index contributed by atoms with van der Waals surface area (Å²) in [5, 5.41) is 10.3. The van der Waals surface area contributed by atoms with Crippen molar-refractivity contribution in [1.82, 2.24) is 0 Å². The van der Waals surface area contributed by atoms with Gasteiger partial charge in [-0.2, -0.15) is 0 Å². The minimum absolute atomic E-state index is 0.0305. The predicted molar refractivity (Wildman–Crippen MR) is 70.0 cm³/mol. The number of carbonyl (C=O) groups is 1. The Morgan fingerprint density at radius 2 is 1.82 bits per heavy atom. The van der Waals surface area contributed by atoms with Gasteiger partial charge < -0.3 is 9.84 Å². The van der Waals surface area contributed by atoms with Gasteiger partial charge in [-0.25, -0.2) is 0 Å². The van der Waals surface area contributed by atoms with Crippen molar-refractivity contribution >= 4 is 19.7 Å². The zero-order chi connectivity index (χ0) is 13.0. The summed E-state index contributed by atoms with van der Waals surface area (Å²) in [7, 11) is 0.260. The van der Waals surface area contributed by atoms with Gasteiger partial charge in [0.1, 0.15) is 11.5 Å². The number of aromatic hydroxyl groups is 1. The van der Waals surface area contributed by atoms with Crippen LogP contribution in [0.25, 0.3) is 0 Å². The van der Waals surface area contributed by atoms with Gasteiger partial charge in [0.2, 0.25) is 0 Å². The second-order valence-electron chi connectivity index (χ2n) is 4.74. The average Bonchev–Trinajstić information content (AvgIpc) is 2.63. The second-order valence-corrected chi connectivity index (χ2v) is 6.45. The smallest absolute Gasteiger partial charge is 0.183 e. The van der Waals surface area contributed by atoms with Gasteiger partial charge in [-0.3, -0.25) is 4.79 Å². The highest BCUT2D eigenvalue weighted by atomic mass is 31.1. The fourth-order valence-electron chi connectivity index (χ4n) is 2.01. The lowest BCUT2D eigenvalue weighted by Gasteiger charge is -2.20. The lowest BCUT2D eigenvalue weighted by atomic mass is 10.0. The maximum absolute atomic E-state index is 11.6. The van der Waals surface area contributed by atoms with Crippen LogP contribution in [-0.4, -0.2) is 16.2 Å². The summed E-state index contributed by atoms with van der Waals surface area (Å²) in [6, 6.07) is 0. The number of phenols is 1. The molecule has 2 atom stereocenters. The largest absolute Gasteiger partial charge is 0.507 e. The molecule has 0 aromatic heterocycles. The summed E-state index contributed by atoms with van der Waals surface area (Å²) in [5.74, 6) is 1.14. The first-order valence-corrected chi connectivity index (χ1v) is 6.59. The van der Waals surface area contributed by atoms with Crippen LogP contribution >= 0.6 is 8.58 Å². The fraction of sp³-hybridized carbons (Fsp3) is 0.462. The fourth-order valence-corrected chi connectivity index (χ4v) is 3.48. The Labute approximate surface area is 103 Å². The molecule has 2 unspecified atom stereocenters. The zero-order valence-electron chi connectivity index (χ0n) is 10.8. The maximum Gasteiger partial charge on any atom is 0.183 e. The Hall–Kier alpha value is -1.08. The molecule has 17 heavy (non-hydrogen) atoms. The zero-order valence-corrected chi connectivity index (χ0v) is 11.8. The number of rotatable bonds is 1. The second kappa shape index (κ2) is 3.71. The van der Waals surface area contributed by atoms with Gasteiger partial charge in [-0.1, -0.05) is 0 Å². The molecule has 0 saturated heterocycles. The van der Waals surface area contributed by atoms with Crippen LogP contribution < -0.4 is 10.0 Å². The van der Waals surface area contributed by atoms with Crippen molar-refractivity contribution < 1.29 is 14.6 Å². The first-order chi connectivity index (χ1) is 7.78. The Morgan fingerprint density at radius 1 is 1.24 bits per heavy atom. The molecular weight excluding hydrogens is 235 g/mol. The summed E-state index contributed by atoms with van der Waals surface area (Å²) < 4.78 is 5.85. The predicted octanol–water partition coefficient (Wildman–Crippen LogP) is 2.32. The quantitative estimate of drug-likeness (QED) is 0.780. The van der Waals surface area contributed by atoms with Crippen LogP contribution in [0.5, 0.6) is 11.5 Å². The van der Waals surface area contributed by atoms with E-state index in [0.717, 1.165) is 27.7 Å². The first-order valence-electron chi connectivity index (χ1n) is 5.59. The standard InChI is InChI=1S/C13H17O3P/c1-6-7(2)11-12(8(3)10(6)15)17-13(5,16-11)9(4)14/h15,17H,1-5H3. The van der Waals surface area contributed by atoms with Crippen molar-refractivity contribution in [2.24, 2.45) is 0 Å². The molecular formula is C13H17O3P. The maximum atomic E-state index is 11.6. The van der Waals surface area contributed by atoms with Crippen LogP contribution in [0.15, 0.2) is 0 Å². The van der Waals surface area contributed by atoms with Crippen LogP contribution in [0.1, 0.15) is 30.5 Å². The number of fused-ring (bicyclic) bond motifs is 1. The molecule has 1 aliphatic heterocycles. The number of hydrogen-bond donors (Lipinski definition) is 1. The van der Waals surface area contributed by atoms with E-state index >= 15 is 0 Å². The minimum Gasteiger partial charge on any atom is -0.507 e. The SMILES string of the molecule is CC(=O)C1(C)Oc2c(C)c(C)c(O)c(C)c2P1. The summed E-state index contributed by atoms with van der Waals surface area (Å²) in [5.41, 5.74) is 2.60. The molecule has 3 nitrogen and oxygen atoms in total. The van der Waals surface area contributed by atoms with Gasteiger partial charge in [-0.05, 0) is 54.3 Å². The van der Waals surface area contributed by atoms with Crippen LogP contribution in [0.2, 0.25) is 0 Å². The molecule has 92 valence electrons. The average molecular weight is 252 g/mol. The monoisotopic (exact) mass is 252 g/mol. The third-order valence-electron chi connectivity index (χ3n) is 3.56. The molecule has 0 radical (unpaired) electrons. The lowest BCUT2D eigenvalue weighted by Crippen LogP contribution is -2.32. The van der Waals surface area contributed by atoms with Crippen LogP contribution in [0.3, 0.4) is 0 Å². The molecule has 0 spiro atoms. The summed E-state index contributed by atoms with van der Waals surface area (Å²) in [4.78, 5) is 11.6. The summed E-state index contributed by atoms with van der Waals surface area (Å²) in [6.45, 7) is 9.04. The number of carbonyl (C=O) groups excluding carboxylic acids is 1.